The Labute approximate surface area is 50.2 Å². The zero-order chi connectivity index (χ0) is 2.71. The molecule has 0 saturated carbocycles. The van der Waals surface area contributed by atoms with Gasteiger partial charge in [-0.15, -0.1) is 12.4 Å². The Balaban J connectivity index is -0.00000000667. The summed E-state index contributed by atoms with van der Waals surface area (Å²) in [6.45, 7) is 0.500. The smallest absolute Gasteiger partial charge is 0.665 e. The average molecular weight is 148 g/mol. The molecule has 28 valence electrons. The zero-order valence-electron chi connectivity index (χ0n) is 3.47. The molecule has 0 aromatic heterocycles. The Hall–Kier alpha value is 0.383. The maximum absolute atomic E-state index is 8.24. The van der Waals surface area contributed by atoms with Crippen LogP contribution in [0.5, 0.6) is 0 Å². The summed E-state index contributed by atoms with van der Waals surface area (Å²) < 4.78 is 0. The number of halogens is 1. The van der Waals surface area contributed by atoms with Crippen molar-refractivity contribution in [1.29, 1.82) is 0 Å². The Morgan fingerprint density at radius 3 is 1.80 bits per heavy atom. The molecule has 0 unspecified atom stereocenters. The van der Waals surface area contributed by atoms with E-state index >= 15 is 0 Å². The molecule has 4 heteroatoms. The largest absolute Gasteiger partial charge is 1.00 e. The first-order chi connectivity index (χ1) is 1.41. The first kappa shape index (κ1) is 18.2. The molecular formula is CH3ClO2Zn. The molecule has 0 rings (SSSR count). The minimum Gasteiger partial charge on any atom is -0.665 e. The second-order valence-corrected chi connectivity index (χ2v) is 0.0913. The van der Waals surface area contributed by atoms with Crippen molar-refractivity contribution < 1.29 is 30.8 Å². The monoisotopic (exact) mass is 146 g/mol. The predicted molar refractivity (Wildman–Crippen MR) is 16.7 cm³/mol. The van der Waals surface area contributed by atoms with Gasteiger partial charge < -0.3 is 9.90 Å². The van der Waals surface area contributed by atoms with Crippen LogP contribution in [-0.4, -0.2) is 11.6 Å². The van der Waals surface area contributed by atoms with Crippen LogP contribution >= 0.6 is 12.4 Å². The molecule has 0 spiro atoms. The molecule has 0 bridgehead atoms. The van der Waals surface area contributed by atoms with Crippen molar-refractivity contribution in [3.05, 3.63) is 0 Å². The van der Waals surface area contributed by atoms with Gasteiger partial charge in [0.15, 0.2) is 0 Å². The number of hydrogen-bond acceptors (Lipinski definition) is 1. The van der Waals surface area contributed by atoms with Crippen molar-refractivity contribution in [3.8, 4) is 0 Å². The van der Waals surface area contributed by atoms with Gasteiger partial charge in [0.1, 0.15) is 0 Å². The summed E-state index contributed by atoms with van der Waals surface area (Å²) in [4.78, 5) is 8.24. The van der Waals surface area contributed by atoms with Crippen LogP contribution in [0.2, 0.25) is 0 Å². The van der Waals surface area contributed by atoms with Crippen LogP contribution in [0.15, 0.2) is 0 Å². The molecule has 0 radical (unpaired) electrons. The normalized spacial score (nSPS) is 2.40. The molecule has 0 aromatic rings. The molecule has 0 saturated heterocycles. The predicted octanol–water partition coefficient (Wildman–Crippen LogP) is 0.143. The molecule has 0 aliphatic rings. The maximum atomic E-state index is 8.24. The third kappa shape index (κ3) is 169. The second kappa shape index (κ2) is 26.2. The van der Waals surface area contributed by atoms with E-state index in [0.29, 0.717) is 6.47 Å². The van der Waals surface area contributed by atoms with Crippen LogP contribution in [0.25, 0.3) is 0 Å². The average Bonchev–Trinajstić information content (AvgIpc) is 0.918. The van der Waals surface area contributed by atoms with Crippen molar-refractivity contribution in [2.75, 3.05) is 0 Å². The third-order valence-corrected chi connectivity index (χ3v) is 0. The summed E-state index contributed by atoms with van der Waals surface area (Å²) in [6.07, 6.45) is 0. The van der Waals surface area contributed by atoms with Crippen molar-refractivity contribution in [2.24, 2.45) is 0 Å². The van der Waals surface area contributed by atoms with Crippen molar-refractivity contribution in [3.63, 3.8) is 0 Å². The molecule has 0 amide bonds. The maximum Gasteiger partial charge on any atom is 1.00 e. The Morgan fingerprint density at radius 1 is 1.80 bits per heavy atom. The van der Waals surface area contributed by atoms with E-state index in [1.165, 1.54) is 0 Å². The van der Waals surface area contributed by atoms with Gasteiger partial charge in [0.25, 0.3) is 0 Å². The van der Waals surface area contributed by atoms with E-state index in [4.69, 9.17) is 9.90 Å². The second-order valence-electron chi connectivity index (χ2n) is 0.0913. The van der Waals surface area contributed by atoms with E-state index in [2.05, 4.69) is 0 Å². The van der Waals surface area contributed by atoms with E-state index in [0.717, 1.165) is 0 Å². The summed E-state index contributed by atoms with van der Waals surface area (Å²) in [5.74, 6) is 0. The third-order valence-electron chi connectivity index (χ3n) is 0. The first-order valence-electron chi connectivity index (χ1n) is 0.428. The minimum absolute atomic E-state index is 0. The van der Waals surface area contributed by atoms with E-state index < -0.39 is 0 Å². The van der Waals surface area contributed by atoms with E-state index in [-0.39, 0.29) is 33.3 Å². The Kier molecular flexibility index (Phi) is 95.5. The summed E-state index contributed by atoms with van der Waals surface area (Å²) in [5.41, 5.74) is 0. The fourth-order valence-electron chi connectivity index (χ4n) is 0. The Morgan fingerprint density at radius 2 is 1.80 bits per heavy atom. The van der Waals surface area contributed by atoms with Crippen molar-refractivity contribution in [1.82, 2.24) is 0 Å². The molecule has 2 nitrogen and oxygen atoms in total. The van der Waals surface area contributed by atoms with Gasteiger partial charge in [-0.3, -0.25) is 0 Å². The molecule has 0 atom stereocenters. The zero-order valence-corrected chi connectivity index (χ0v) is 6.25. The van der Waals surface area contributed by atoms with E-state index in [1.54, 1.807) is 0 Å². The number of rotatable bonds is 0. The molecule has 0 fully saturated rings. The van der Waals surface area contributed by atoms with Crippen LogP contribution in [0.4, 0.5) is 0 Å². The van der Waals surface area contributed by atoms with Gasteiger partial charge >= 0.3 is 1.43 Å². The Bertz CT molecular complexity index is 21.0. The van der Waals surface area contributed by atoms with E-state index in [9.17, 15) is 0 Å². The molecule has 0 aliphatic heterocycles. The first-order valence-corrected chi connectivity index (χ1v) is 0.428. The summed E-state index contributed by atoms with van der Waals surface area (Å²) >= 11 is 0. The van der Waals surface area contributed by atoms with Crippen LogP contribution < -0.4 is 0 Å². The number of hydrogen-bond donors (Lipinski definition) is 1. The van der Waals surface area contributed by atoms with Crippen LogP contribution in [0, 0.1) is 0 Å². The van der Waals surface area contributed by atoms with Crippen molar-refractivity contribution >= 4 is 18.9 Å². The van der Waals surface area contributed by atoms with Crippen LogP contribution in [0.1, 0.15) is 1.43 Å². The summed E-state index contributed by atoms with van der Waals surface area (Å²) in [5, 5.41) is 6.76. The fraction of sp³-hybridized carbons (Fsp3) is 0. The van der Waals surface area contributed by atoms with Gasteiger partial charge in [-0.1, -0.05) is 6.47 Å². The molecule has 0 heterocycles. The van der Waals surface area contributed by atoms with Gasteiger partial charge in [0.2, 0.25) is 0 Å². The molecule has 0 aromatic carbocycles. The quantitative estimate of drug-likeness (QED) is 0.391. The van der Waals surface area contributed by atoms with Crippen LogP contribution in [-0.2, 0) is 24.3 Å². The van der Waals surface area contributed by atoms with Crippen LogP contribution in [0.3, 0.4) is 0 Å². The minimum atomic E-state index is 0. The van der Waals surface area contributed by atoms with Gasteiger partial charge in [0, 0.05) is 19.5 Å². The fourth-order valence-corrected chi connectivity index (χ4v) is 0. The van der Waals surface area contributed by atoms with E-state index in [1.807, 2.05) is 0 Å². The molecular weight excluding hydrogens is 145 g/mol. The standard InChI is InChI=1S/CHO2.ClH.Zn/c2-1-3;;/h(H,2,3);1H;/q-1;;/p+1. The van der Waals surface area contributed by atoms with Gasteiger partial charge in [-0.2, -0.15) is 0 Å². The summed E-state index contributed by atoms with van der Waals surface area (Å²) in [6, 6.07) is 0. The SMILES string of the molecule is Cl.O=[C-]O.[H+].[Zn]. The van der Waals surface area contributed by atoms with Gasteiger partial charge in [-0.05, 0) is 0 Å². The van der Waals surface area contributed by atoms with Gasteiger partial charge in [0.05, 0.1) is 0 Å². The molecule has 5 heavy (non-hydrogen) atoms. The summed E-state index contributed by atoms with van der Waals surface area (Å²) in [7, 11) is 0. The molecule has 1 N–H and O–H groups in total. The molecule has 0 aliphatic carbocycles. The van der Waals surface area contributed by atoms with Crippen molar-refractivity contribution in [2.45, 2.75) is 0 Å². The topological polar surface area (TPSA) is 37.3 Å². The van der Waals surface area contributed by atoms with Gasteiger partial charge in [-0.25, -0.2) is 0 Å². The number of aliphatic hydroxyl groups excluding tert-OH is 1.